The molecule has 5 heterocycles. The van der Waals surface area contributed by atoms with E-state index in [9.17, 15) is 0 Å². The highest BCUT2D eigenvalue weighted by Crippen LogP contribution is 2.26. The first-order valence-electron chi connectivity index (χ1n) is 8.58. The Labute approximate surface area is 149 Å². The van der Waals surface area contributed by atoms with Gasteiger partial charge in [-0.1, -0.05) is 6.92 Å². The second kappa shape index (κ2) is 5.61. The van der Waals surface area contributed by atoms with E-state index in [1.54, 1.807) is 10.8 Å². The topological polar surface area (TPSA) is 92.6 Å². The van der Waals surface area contributed by atoms with Crippen LogP contribution in [-0.2, 0) is 6.42 Å². The van der Waals surface area contributed by atoms with Gasteiger partial charge in [0.25, 0.3) is 0 Å². The van der Waals surface area contributed by atoms with Crippen LogP contribution in [0.3, 0.4) is 0 Å². The van der Waals surface area contributed by atoms with Crippen molar-refractivity contribution in [2.45, 2.75) is 19.4 Å². The smallest absolute Gasteiger partial charge is 0.203 e. The predicted octanol–water partition coefficient (Wildman–Crippen LogP) is 0.449. The zero-order valence-electron chi connectivity index (χ0n) is 14.6. The molecule has 26 heavy (non-hydrogen) atoms. The van der Waals surface area contributed by atoms with Crippen LogP contribution >= 0.6 is 0 Å². The summed E-state index contributed by atoms with van der Waals surface area (Å²) in [5.41, 5.74) is 1.56. The van der Waals surface area contributed by atoms with Crippen LogP contribution in [0, 0.1) is 0 Å². The van der Waals surface area contributed by atoms with Crippen LogP contribution in [0.4, 0.5) is 11.6 Å². The van der Waals surface area contributed by atoms with Crippen molar-refractivity contribution >= 4 is 22.9 Å². The lowest BCUT2D eigenvalue weighted by molar-refractivity contribution is 0.488. The van der Waals surface area contributed by atoms with Crippen molar-refractivity contribution in [1.29, 1.82) is 0 Å². The molecule has 1 aliphatic rings. The largest absolute Gasteiger partial charge is 0.352 e. The number of rotatable bonds is 4. The van der Waals surface area contributed by atoms with Crippen LogP contribution in [0.15, 0.2) is 30.9 Å². The number of fused-ring (bicyclic) bond motifs is 2. The van der Waals surface area contributed by atoms with Crippen molar-refractivity contribution in [3.05, 3.63) is 36.7 Å². The Bertz CT molecular complexity index is 1080. The highest BCUT2D eigenvalue weighted by molar-refractivity contribution is 5.66. The van der Waals surface area contributed by atoms with Crippen molar-refractivity contribution in [1.82, 2.24) is 39.4 Å². The molecule has 0 atom stereocenters. The summed E-state index contributed by atoms with van der Waals surface area (Å²) >= 11 is 0. The third kappa shape index (κ3) is 2.18. The van der Waals surface area contributed by atoms with Gasteiger partial charge in [0.2, 0.25) is 5.65 Å². The van der Waals surface area contributed by atoms with Crippen molar-refractivity contribution in [3.8, 4) is 0 Å². The summed E-state index contributed by atoms with van der Waals surface area (Å²) in [5.74, 6) is 2.72. The summed E-state index contributed by atoms with van der Waals surface area (Å²) in [5, 5.41) is 21.0. The molecule has 1 saturated heterocycles. The lowest BCUT2D eigenvalue weighted by Crippen LogP contribution is -2.59. The molecular weight excluding hydrogens is 332 g/mol. The maximum atomic E-state index is 4.56. The quantitative estimate of drug-likeness (QED) is 0.524. The summed E-state index contributed by atoms with van der Waals surface area (Å²) < 4.78 is 3.70. The Kier molecular flexibility index (Phi) is 3.24. The number of hydrogen-bond donors (Lipinski definition) is 0. The summed E-state index contributed by atoms with van der Waals surface area (Å²) in [7, 11) is 2.06. The Morgan fingerprint density at radius 3 is 2.92 bits per heavy atom. The van der Waals surface area contributed by atoms with Crippen LogP contribution in [0.2, 0.25) is 0 Å². The first-order chi connectivity index (χ1) is 12.7. The van der Waals surface area contributed by atoms with E-state index in [0.717, 1.165) is 48.3 Å². The molecule has 1 aliphatic heterocycles. The van der Waals surface area contributed by atoms with E-state index in [1.165, 1.54) is 0 Å². The third-order valence-electron chi connectivity index (χ3n) is 4.91. The molecule has 0 aliphatic carbocycles. The Morgan fingerprint density at radius 1 is 1.19 bits per heavy atom. The van der Waals surface area contributed by atoms with Crippen molar-refractivity contribution in [2.75, 3.05) is 29.9 Å². The molecule has 0 spiro atoms. The fraction of sp³-hybridized carbons (Fsp3) is 0.375. The Morgan fingerprint density at radius 2 is 2.08 bits per heavy atom. The maximum absolute atomic E-state index is 4.56. The third-order valence-corrected chi connectivity index (χ3v) is 4.91. The fourth-order valence-electron chi connectivity index (χ4n) is 3.29. The number of likely N-dealkylation sites (N-methyl/N-ethyl adjacent to an activating group) is 1. The number of aromatic nitrogens is 8. The van der Waals surface area contributed by atoms with Crippen molar-refractivity contribution in [3.63, 3.8) is 0 Å². The van der Waals surface area contributed by atoms with Crippen LogP contribution in [0.1, 0.15) is 12.7 Å². The zero-order chi connectivity index (χ0) is 17.7. The molecule has 5 rings (SSSR count). The lowest BCUT2D eigenvalue weighted by atomic mass is 10.1. The first kappa shape index (κ1) is 15.0. The molecular formula is C16H18N10. The predicted molar refractivity (Wildman–Crippen MR) is 95.3 cm³/mol. The molecule has 4 aromatic rings. The van der Waals surface area contributed by atoms with Gasteiger partial charge >= 0.3 is 0 Å². The molecule has 10 heteroatoms. The zero-order valence-corrected chi connectivity index (χ0v) is 14.6. The van der Waals surface area contributed by atoms with E-state index in [4.69, 9.17) is 0 Å². The van der Waals surface area contributed by atoms with E-state index in [0.29, 0.717) is 6.04 Å². The van der Waals surface area contributed by atoms with Crippen molar-refractivity contribution < 1.29 is 0 Å². The minimum absolute atomic E-state index is 0.354. The molecule has 4 aromatic heterocycles. The van der Waals surface area contributed by atoms with E-state index < -0.39 is 0 Å². The molecule has 0 saturated carbocycles. The van der Waals surface area contributed by atoms with Gasteiger partial charge in [0.1, 0.15) is 18.0 Å². The number of hydrogen-bond acceptors (Lipinski definition) is 8. The van der Waals surface area contributed by atoms with Crippen LogP contribution < -0.4 is 9.80 Å². The van der Waals surface area contributed by atoms with Gasteiger partial charge in [-0.05, 0) is 12.1 Å². The van der Waals surface area contributed by atoms with Crippen LogP contribution in [0.5, 0.6) is 0 Å². The standard InChI is InChI=1S/C16H18N10/c1-3-12-20-21-16-15(17-6-7-25(12)16)24-8-11(9-24)23(2)14-5-4-13-19-18-10-26(13)22-14/h4-7,10-11H,3,8-9H2,1-2H3. The second-order valence-electron chi connectivity index (χ2n) is 6.41. The average Bonchev–Trinajstić information content (AvgIpc) is 3.26. The lowest BCUT2D eigenvalue weighted by Gasteiger charge is -2.44. The van der Waals surface area contributed by atoms with Gasteiger partial charge in [-0.3, -0.25) is 4.40 Å². The number of anilines is 2. The van der Waals surface area contributed by atoms with Gasteiger partial charge in [0.05, 0.1) is 6.04 Å². The highest BCUT2D eigenvalue weighted by atomic mass is 15.4. The van der Waals surface area contributed by atoms with Gasteiger partial charge in [-0.15, -0.1) is 25.5 Å². The molecule has 0 aromatic carbocycles. The summed E-state index contributed by atoms with van der Waals surface area (Å²) in [6.07, 6.45) is 6.18. The molecule has 132 valence electrons. The highest BCUT2D eigenvalue weighted by Gasteiger charge is 2.33. The van der Waals surface area contributed by atoms with Crippen LogP contribution in [-0.4, -0.2) is 65.6 Å². The minimum Gasteiger partial charge on any atom is -0.352 e. The normalized spacial score (nSPS) is 14.9. The van der Waals surface area contributed by atoms with Gasteiger partial charge < -0.3 is 9.80 Å². The van der Waals surface area contributed by atoms with Gasteiger partial charge in [-0.25, -0.2) is 4.98 Å². The molecule has 0 amide bonds. The molecule has 1 fully saturated rings. The van der Waals surface area contributed by atoms with E-state index >= 15 is 0 Å². The monoisotopic (exact) mass is 350 g/mol. The minimum atomic E-state index is 0.354. The fourth-order valence-corrected chi connectivity index (χ4v) is 3.29. The van der Waals surface area contributed by atoms with Gasteiger partial charge in [0.15, 0.2) is 11.5 Å². The summed E-state index contributed by atoms with van der Waals surface area (Å²) in [4.78, 5) is 8.93. The second-order valence-corrected chi connectivity index (χ2v) is 6.41. The van der Waals surface area contributed by atoms with Crippen LogP contribution in [0.25, 0.3) is 11.3 Å². The SMILES string of the molecule is CCc1nnc2c(N3CC(N(C)c4ccc5nncn5n4)C3)nccn12. The summed E-state index contributed by atoms with van der Waals surface area (Å²) in [6, 6.07) is 4.25. The molecule has 0 N–H and O–H groups in total. The van der Waals surface area contributed by atoms with Crippen molar-refractivity contribution in [2.24, 2.45) is 0 Å². The Balaban J connectivity index is 1.36. The van der Waals surface area contributed by atoms with E-state index in [-0.39, 0.29) is 0 Å². The average molecular weight is 350 g/mol. The number of nitrogens with zero attached hydrogens (tertiary/aromatic N) is 10. The summed E-state index contributed by atoms with van der Waals surface area (Å²) in [6.45, 7) is 3.80. The van der Waals surface area contributed by atoms with Gasteiger partial charge in [0, 0.05) is 39.0 Å². The number of aryl methyl sites for hydroxylation is 1. The molecule has 0 bridgehead atoms. The van der Waals surface area contributed by atoms with E-state index in [2.05, 4.69) is 54.2 Å². The van der Waals surface area contributed by atoms with E-state index in [1.807, 2.05) is 28.9 Å². The molecule has 10 nitrogen and oxygen atoms in total. The molecule has 0 unspecified atom stereocenters. The Hall–Kier alpha value is -3.30. The van der Waals surface area contributed by atoms with Gasteiger partial charge in [-0.2, -0.15) is 4.52 Å². The first-order valence-corrected chi connectivity index (χ1v) is 8.58. The maximum Gasteiger partial charge on any atom is 0.203 e. The molecule has 0 radical (unpaired) electrons.